The van der Waals surface area contributed by atoms with Gasteiger partial charge in [-0.1, -0.05) is 19.1 Å². The molecule has 4 fully saturated rings. The Balaban J connectivity index is 1.45. The summed E-state index contributed by atoms with van der Waals surface area (Å²) < 4.78 is 19.2. The Morgan fingerprint density at radius 2 is 1.81 bits per heavy atom. The molecule has 4 saturated heterocycles. The first-order chi connectivity index (χ1) is 12.7. The molecule has 0 amide bonds. The van der Waals surface area contributed by atoms with Crippen LogP contribution in [0.25, 0.3) is 0 Å². The third kappa shape index (κ3) is 2.67. The highest BCUT2D eigenvalue weighted by molar-refractivity contribution is 5.27. The van der Waals surface area contributed by atoms with E-state index in [1.807, 2.05) is 19.1 Å². The van der Waals surface area contributed by atoms with E-state index in [0.29, 0.717) is 23.9 Å². The van der Waals surface area contributed by atoms with Crippen molar-refractivity contribution in [1.29, 1.82) is 0 Å². The zero-order valence-electron chi connectivity index (χ0n) is 15.1. The van der Waals surface area contributed by atoms with Gasteiger partial charge in [0.25, 0.3) is 0 Å². The topological polar surface area (TPSA) is 45.4 Å². The second-order valence-electron chi connectivity index (χ2n) is 7.89. The van der Waals surface area contributed by atoms with Gasteiger partial charge in [0.05, 0.1) is 6.54 Å². The van der Waals surface area contributed by atoms with Gasteiger partial charge in [-0.05, 0) is 49.5 Å². The van der Waals surface area contributed by atoms with Gasteiger partial charge < -0.3 is 4.42 Å². The van der Waals surface area contributed by atoms with Crippen molar-refractivity contribution >= 4 is 0 Å². The van der Waals surface area contributed by atoms with Gasteiger partial charge in [0.2, 0.25) is 11.8 Å². The monoisotopic (exact) mass is 356 g/mol. The summed E-state index contributed by atoms with van der Waals surface area (Å²) in [5.74, 6) is 2.42. The molecule has 0 spiro atoms. The van der Waals surface area contributed by atoms with E-state index in [4.69, 9.17) is 4.42 Å². The molecule has 3 atom stereocenters. The first kappa shape index (κ1) is 16.4. The lowest BCUT2D eigenvalue weighted by Gasteiger charge is -2.51. The molecule has 1 aromatic carbocycles. The van der Waals surface area contributed by atoms with Crippen LogP contribution < -0.4 is 0 Å². The van der Waals surface area contributed by atoms with Crippen molar-refractivity contribution in [2.75, 3.05) is 19.6 Å². The second kappa shape index (κ2) is 6.43. The Morgan fingerprint density at radius 3 is 2.50 bits per heavy atom. The molecule has 0 aliphatic carbocycles. The van der Waals surface area contributed by atoms with Crippen LogP contribution in [0.1, 0.15) is 43.0 Å². The number of aromatic nitrogens is 2. The molecule has 4 aliphatic rings. The van der Waals surface area contributed by atoms with E-state index in [1.54, 1.807) is 12.1 Å². The fourth-order valence-electron chi connectivity index (χ4n) is 5.39. The maximum atomic E-state index is 13.4. The van der Waals surface area contributed by atoms with Crippen LogP contribution in [0.4, 0.5) is 4.39 Å². The average Bonchev–Trinajstić information content (AvgIpc) is 3.30. The van der Waals surface area contributed by atoms with E-state index in [2.05, 4.69) is 20.0 Å². The summed E-state index contributed by atoms with van der Waals surface area (Å²) in [6.45, 7) is 6.10. The fourth-order valence-corrected chi connectivity index (χ4v) is 5.39. The number of halogens is 1. The molecule has 6 heteroatoms. The lowest BCUT2D eigenvalue weighted by Crippen LogP contribution is -2.60. The van der Waals surface area contributed by atoms with Crippen molar-refractivity contribution in [3.63, 3.8) is 0 Å². The van der Waals surface area contributed by atoms with E-state index >= 15 is 0 Å². The van der Waals surface area contributed by atoms with Crippen LogP contribution in [-0.2, 0) is 13.0 Å². The van der Waals surface area contributed by atoms with Gasteiger partial charge in [-0.2, -0.15) is 0 Å². The quantitative estimate of drug-likeness (QED) is 0.843. The zero-order valence-corrected chi connectivity index (χ0v) is 15.1. The number of rotatable bonds is 4. The molecule has 5 heterocycles. The Bertz CT molecular complexity index is 768. The molecule has 26 heavy (non-hydrogen) atoms. The fraction of sp³-hybridized carbons (Fsp3) is 0.600. The SMILES string of the molecule is CCc1nnc(CN2C[C@H](c3ccc(F)cc3)[C@H]3[C@@H]2C2CCN3CC2)o1. The van der Waals surface area contributed by atoms with Gasteiger partial charge in [0.15, 0.2) is 0 Å². The Kier molecular flexibility index (Phi) is 4.05. The molecule has 6 rings (SSSR count). The van der Waals surface area contributed by atoms with Gasteiger partial charge in [-0.3, -0.25) is 9.80 Å². The van der Waals surface area contributed by atoms with Crippen LogP contribution in [0.5, 0.6) is 0 Å². The van der Waals surface area contributed by atoms with E-state index < -0.39 is 0 Å². The largest absolute Gasteiger partial charge is 0.424 e. The van der Waals surface area contributed by atoms with Crippen LogP contribution in [0.3, 0.4) is 0 Å². The maximum Gasteiger partial charge on any atom is 0.230 e. The molecule has 2 bridgehead atoms. The normalized spacial score (nSPS) is 33.5. The van der Waals surface area contributed by atoms with E-state index in [-0.39, 0.29) is 5.82 Å². The summed E-state index contributed by atoms with van der Waals surface area (Å²) >= 11 is 0. The van der Waals surface area contributed by atoms with Gasteiger partial charge >= 0.3 is 0 Å². The van der Waals surface area contributed by atoms with Gasteiger partial charge in [-0.15, -0.1) is 10.2 Å². The minimum absolute atomic E-state index is 0.163. The van der Waals surface area contributed by atoms with Crippen molar-refractivity contribution < 1.29 is 8.81 Å². The van der Waals surface area contributed by atoms with Crippen LogP contribution in [0, 0.1) is 11.7 Å². The number of benzene rings is 1. The zero-order chi connectivity index (χ0) is 17.7. The maximum absolute atomic E-state index is 13.4. The summed E-state index contributed by atoms with van der Waals surface area (Å²) in [4.78, 5) is 5.20. The summed E-state index contributed by atoms with van der Waals surface area (Å²) in [6, 6.07) is 8.16. The van der Waals surface area contributed by atoms with Crippen molar-refractivity contribution in [2.45, 2.75) is 50.7 Å². The average molecular weight is 356 g/mol. The molecule has 0 radical (unpaired) electrons. The highest BCUT2D eigenvalue weighted by Crippen LogP contribution is 2.46. The number of piperidine rings is 3. The summed E-state index contributed by atoms with van der Waals surface area (Å²) in [7, 11) is 0. The number of hydrogen-bond donors (Lipinski definition) is 0. The lowest BCUT2D eigenvalue weighted by atomic mass is 9.75. The first-order valence-electron chi connectivity index (χ1n) is 9.77. The van der Waals surface area contributed by atoms with Crippen molar-refractivity contribution in [1.82, 2.24) is 20.0 Å². The number of aryl methyl sites for hydroxylation is 1. The highest BCUT2D eigenvalue weighted by Gasteiger charge is 2.53. The van der Waals surface area contributed by atoms with Crippen molar-refractivity contribution in [3.05, 3.63) is 47.4 Å². The van der Waals surface area contributed by atoms with Crippen LogP contribution >= 0.6 is 0 Å². The molecule has 0 unspecified atom stereocenters. The molecule has 0 N–H and O–H groups in total. The Labute approximate surface area is 153 Å². The van der Waals surface area contributed by atoms with Gasteiger partial charge in [-0.25, -0.2) is 4.39 Å². The molecule has 5 nitrogen and oxygen atoms in total. The molecule has 138 valence electrons. The number of hydrogen-bond acceptors (Lipinski definition) is 5. The molecule has 4 aliphatic heterocycles. The van der Waals surface area contributed by atoms with Crippen LogP contribution in [-0.4, -0.2) is 51.7 Å². The predicted octanol–water partition coefficient (Wildman–Crippen LogP) is 2.83. The van der Waals surface area contributed by atoms with E-state index in [9.17, 15) is 4.39 Å². The van der Waals surface area contributed by atoms with E-state index in [0.717, 1.165) is 31.3 Å². The van der Waals surface area contributed by atoms with Crippen LogP contribution in [0.2, 0.25) is 0 Å². The third-order valence-electron chi connectivity index (χ3n) is 6.54. The Hall–Kier alpha value is -1.79. The smallest absolute Gasteiger partial charge is 0.230 e. The summed E-state index contributed by atoms with van der Waals surface area (Å²) in [5, 5.41) is 8.36. The van der Waals surface area contributed by atoms with Gasteiger partial charge in [0.1, 0.15) is 5.82 Å². The van der Waals surface area contributed by atoms with E-state index in [1.165, 1.54) is 31.5 Å². The van der Waals surface area contributed by atoms with Gasteiger partial charge in [0, 0.05) is 31.0 Å². The predicted molar refractivity (Wildman–Crippen MR) is 95.1 cm³/mol. The molecule has 1 aromatic heterocycles. The molecular formula is C20H25FN4O. The van der Waals surface area contributed by atoms with Crippen molar-refractivity contribution in [2.24, 2.45) is 5.92 Å². The molecular weight excluding hydrogens is 331 g/mol. The molecule has 0 saturated carbocycles. The number of likely N-dealkylation sites (tertiary alicyclic amines) is 1. The second-order valence-corrected chi connectivity index (χ2v) is 7.89. The highest BCUT2D eigenvalue weighted by atomic mass is 19.1. The number of fused-ring (bicyclic) bond motifs is 2. The molecule has 2 aromatic rings. The van der Waals surface area contributed by atoms with Crippen molar-refractivity contribution in [3.8, 4) is 0 Å². The first-order valence-corrected chi connectivity index (χ1v) is 9.77. The Morgan fingerprint density at radius 1 is 1.08 bits per heavy atom. The third-order valence-corrected chi connectivity index (χ3v) is 6.54. The number of nitrogens with zero attached hydrogens (tertiary/aromatic N) is 4. The summed E-state index contributed by atoms with van der Waals surface area (Å²) in [6.07, 6.45) is 3.32. The standard InChI is InChI=1S/C20H25FN4O/c1-2-17-22-23-18(26-17)12-25-11-16(13-3-5-15(21)6-4-13)20-19(25)14-7-9-24(20)10-8-14/h3-6,14,16,19-20H,2,7-12H2,1H3/t16-,19+,20+/m1/s1. The van der Waals surface area contributed by atoms with Crippen LogP contribution in [0.15, 0.2) is 28.7 Å². The lowest BCUT2D eigenvalue weighted by molar-refractivity contribution is -0.0106. The minimum atomic E-state index is -0.163. The summed E-state index contributed by atoms with van der Waals surface area (Å²) in [5.41, 5.74) is 1.25. The minimum Gasteiger partial charge on any atom is -0.424 e.